The summed E-state index contributed by atoms with van der Waals surface area (Å²) in [5, 5.41) is 8.86. The molecule has 0 atom stereocenters. The fourth-order valence-electron chi connectivity index (χ4n) is 1.59. The molecule has 2 nitrogen and oxygen atoms in total. The molecule has 0 N–H and O–H groups in total. The van der Waals surface area contributed by atoms with Crippen molar-refractivity contribution in [3.8, 4) is 17.4 Å². The van der Waals surface area contributed by atoms with Gasteiger partial charge < -0.3 is 4.42 Å². The van der Waals surface area contributed by atoms with Gasteiger partial charge in [0.15, 0.2) is 5.76 Å². The van der Waals surface area contributed by atoms with Gasteiger partial charge in [-0.25, -0.2) is 0 Å². The third-order valence-corrected chi connectivity index (χ3v) is 2.52. The maximum atomic E-state index is 12.6. The number of nitrogens with zero attached hydrogens (tertiary/aromatic N) is 1. The number of rotatable bonds is 1. The molecular formula is C13H8F3NO. The van der Waals surface area contributed by atoms with E-state index in [1.165, 1.54) is 0 Å². The third kappa shape index (κ3) is 2.09. The molecule has 0 saturated heterocycles. The van der Waals surface area contributed by atoms with Crippen molar-refractivity contribution < 1.29 is 17.6 Å². The molecule has 92 valence electrons. The van der Waals surface area contributed by atoms with Crippen molar-refractivity contribution in [2.45, 2.75) is 13.1 Å². The Kier molecular flexibility index (Phi) is 2.87. The topological polar surface area (TPSA) is 36.9 Å². The van der Waals surface area contributed by atoms with Gasteiger partial charge in [0.05, 0.1) is 0 Å². The Morgan fingerprint density at radius 3 is 2.28 bits per heavy atom. The fourth-order valence-corrected chi connectivity index (χ4v) is 1.59. The van der Waals surface area contributed by atoms with E-state index < -0.39 is 17.3 Å². The highest BCUT2D eigenvalue weighted by Crippen LogP contribution is 2.37. The lowest BCUT2D eigenvalue weighted by Crippen LogP contribution is -2.05. The lowest BCUT2D eigenvalue weighted by molar-refractivity contribution is -0.138. The first-order chi connectivity index (χ1) is 8.43. The molecule has 0 aliphatic rings. The quantitative estimate of drug-likeness (QED) is 0.763. The maximum Gasteiger partial charge on any atom is 0.420 e. The molecule has 2 rings (SSSR count). The first-order valence-electron chi connectivity index (χ1n) is 5.09. The predicted octanol–water partition coefficient (Wildman–Crippen LogP) is 4.15. The Morgan fingerprint density at radius 2 is 1.78 bits per heavy atom. The zero-order valence-corrected chi connectivity index (χ0v) is 9.38. The van der Waals surface area contributed by atoms with Crippen molar-refractivity contribution in [3.05, 3.63) is 47.2 Å². The van der Waals surface area contributed by atoms with E-state index in [1.54, 1.807) is 30.3 Å². The van der Waals surface area contributed by atoms with Crippen molar-refractivity contribution in [3.63, 3.8) is 0 Å². The van der Waals surface area contributed by atoms with Gasteiger partial charge in [-0.2, -0.15) is 18.4 Å². The minimum Gasteiger partial charge on any atom is -0.462 e. The summed E-state index contributed by atoms with van der Waals surface area (Å²) in [6.45, 7) is 1.86. The SMILES string of the molecule is Cc1ccc(-c2occ(C(F)(F)F)c2C#N)cc1. The largest absolute Gasteiger partial charge is 0.462 e. The maximum absolute atomic E-state index is 12.6. The van der Waals surface area contributed by atoms with Gasteiger partial charge in [-0.1, -0.05) is 29.8 Å². The molecule has 1 aromatic carbocycles. The number of hydrogen-bond donors (Lipinski definition) is 0. The second-order valence-corrected chi connectivity index (χ2v) is 3.83. The van der Waals surface area contributed by atoms with Crippen molar-refractivity contribution in [1.82, 2.24) is 0 Å². The zero-order valence-electron chi connectivity index (χ0n) is 9.38. The summed E-state index contributed by atoms with van der Waals surface area (Å²) in [6.07, 6.45) is -4.01. The van der Waals surface area contributed by atoms with Gasteiger partial charge in [-0.05, 0) is 6.92 Å². The fraction of sp³-hybridized carbons (Fsp3) is 0.154. The lowest BCUT2D eigenvalue weighted by Gasteiger charge is -2.03. The molecule has 0 unspecified atom stereocenters. The number of halogens is 3. The smallest absolute Gasteiger partial charge is 0.420 e. The number of furan rings is 1. The molecule has 0 fully saturated rings. The van der Waals surface area contributed by atoms with Crippen molar-refractivity contribution in [2.24, 2.45) is 0 Å². The molecule has 0 amide bonds. The van der Waals surface area contributed by atoms with Crippen molar-refractivity contribution >= 4 is 0 Å². The summed E-state index contributed by atoms with van der Waals surface area (Å²) < 4.78 is 42.7. The normalized spacial score (nSPS) is 11.3. The van der Waals surface area contributed by atoms with Crippen LogP contribution in [0.1, 0.15) is 16.7 Å². The second-order valence-electron chi connectivity index (χ2n) is 3.83. The number of aryl methyl sites for hydroxylation is 1. The summed E-state index contributed by atoms with van der Waals surface area (Å²) >= 11 is 0. The molecule has 2 aromatic rings. The average molecular weight is 251 g/mol. The van der Waals surface area contributed by atoms with Crippen molar-refractivity contribution in [1.29, 1.82) is 5.26 Å². The predicted molar refractivity (Wildman–Crippen MR) is 58.6 cm³/mol. The molecule has 5 heteroatoms. The summed E-state index contributed by atoms with van der Waals surface area (Å²) in [4.78, 5) is 0. The number of benzene rings is 1. The van der Waals surface area contributed by atoms with E-state index in [4.69, 9.17) is 9.68 Å². The Morgan fingerprint density at radius 1 is 1.17 bits per heavy atom. The van der Waals surface area contributed by atoms with Crippen LogP contribution in [0.2, 0.25) is 0 Å². The number of alkyl halides is 3. The highest BCUT2D eigenvalue weighted by atomic mass is 19.4. The van der Waals surface area contributed by atoms with Gasteiger partial charge in [0.2, 0.25) is 0 Å². The summed E-state index contributed by atoms with van der Waals surface area (Å²) in [6, 6.07) is 8.28. The van der Waals surface area contributed by atoms with Gasteiger partial charge in [0.25, 0.3) is 0 Å². The monoisotopic (exact) mass is 251 g/mol. The van der Waals surface area contributed by atoms with E-state index in [0.29, 0.717) is 11.8 Å². The Hall–Kier alpha value is -2.22. The molecule has 0 bridgehead atoms. The Bertz CT molecular complexity index is 603. The summed E-state index contributed by atoms with van der Waals surface area (Å²) in [5.74, 6) is -0.0511. The van der Waals surface area contributed by atoms with Crippen LogP contribution in [0, 0.1) is 18.3 Å². The van der Waals surface area contributed by atoms with Crippen LogP contribution >= 0.6 is 0 Å². The zero-order chi connectivity index (χ0) is 13.3. The van der Waals surface area contributed by atoms with Gasteiger partial charge in [-0.3, -0.25) is 0 Å². The van der Waals surface area contributed by atoms with Crippen LogP contribution < -0.4 is 0 Å². The first kappa shape index (κ1) is 12.2. The Labute approximate surface area is 101 Å². The minimum absolute atomic E-state index is 0.0511. The first-order valence-corrected chi connectivity index (χ1v) is 5.09. The van der Waals surface area contributed by atoms with Crippen molar-refractivity contribution in [2.75, 3.05) is 0 Å². The number of hydrogen-bond acceptors (Lipinski definition) is 2. The van der Waals surface area contributed by atoms with Crippen LogP contribution in [0.4, 0.5) is 13.2 Å². The van der Waals surface area contributed by atoms with Crippen LogP contribution in [0.3, 0.4) is 0 Å². The molecule has 1 aromatic heterocycles. The molecule has 0 aliphatic carbocycles. The standard InChI is InChI=1S/C13H8F3NO/c1-8-2-4-9(5-3-8)12-10(6-17)11(7-18-12)13(14,15)16/h2-5,7H,1H3. The highest BCUT2D eigenvalue weighted by Gasteiger charge is 2.37. The highest BCUT2D eigenvalue weighted by molar-refractivity contribution is 5.67. The lowest BCUT2D eigenvalue weighted by atomic mass is 10.0. The summed E-state index contributed by atoms with van der Waals surface area (Å²) in [7, 11) is 0. The van der Waals surface area contributed by atoms with Gasteiger partial charge in [-0.15, -0.1) is 0 Å². The average Bonchev–Trinajstić information content (AvgIpc) is 2.73. The van der Waals surface area contributed by atoms with E-state index in [0.717, 1.165) is 5.56 Å². The van der Waals surface area contributed by atoms with Gasteiger partial charge in [0.1, 0.15) is 23.5 Å². The van der Waals surface area contributed by atoms with Crippen LogP contribution in [0.5, 0.6) is 0 Å². The van der Waals surface area contributed by atoms with E-state index in [2.05, 4.69) is 0 Å². The van der Waals surface area contributed by atoms with E-state index in [1.807, 2.05) is 6.92 Å². The Balaban J connectivity index is 2.57. The van der Waals surface area contributed by atoms with Crippen LogP contribution in [0.25, 0.3) is 11.3 Å². The van der Waals surface area contributed by atoms with Gasteiger partial charge in [0, 0.05) is 5.56 Å². The van der Waals surface area contributed by atoms with Crippen LogP contribution in [-0.2, 0) is 6.18 Å². The molecule has 18 heavy (non-hydrogen) atoms. The molecule has 1 heterocycles. The van der Waals surface area contributed by atoms with Gasteiger partial charge >= 0.3 is 6.18 Å². The number of nitriles is 1. The van der Waals surface area contributed by atoms with Crippen LogP contribution in [0.15, 0.2) is 34.9 Å². The van der Waals surface area contributed by atoms with Crippen LogP contribution in [-0.4, -0.2) is 0 Å². The van der Waals surface area contributed by atoms with E-state index in [-0.39, 0.29) is 5.76 Å². The minimum atomic E-state index is -4.59. The molecule has 0 saturated carbocycles. The molecular weight excluding hydrogens is 243 g/mol. The summed E-state index contributed by atoms with van der Waals surface area (Å²) in [5.41, 5.74) is -0.0977. The molecule has 0 spiro atoms. The molecule has 0 radical (unpaired) electrons. The molecule has 0 aliphatic heterocycles. The second kappa shape index (κ2) is 4.22. The van der Waals surface area contributed by atoms with E-state index in [9.17, 15) is 13.2 Å². The third-order valence-electron chi connectivity index (χ3n) is 2.52. The van der Waals surface area contributed by atoms with E-state index >= 15 is 0 Å².